The molecule has 0 unspecified atom stereocenters. The van der Waals surface area contributed by atoms with Crippen molar-refractivity contribution >= 4 is 29.6 Å². The number of piperazine rings is 1. The molecule has 30 heavy (non-hydrogen) atoms. The van der Waals surface area contributed by atoms with Gasteiger partial charge in [0.15, 0.2) is 0 Å². The highest BCUT2D eigenvalue weighted by molar-refractivity contribution is 7.99. The normalized spacial score (nSPS) is 19.4. The van der Waals surface area contributed by atoms with Crippen LogP contribution in [0.3, 0.4) is 0 Å². The minimum atomic E-state index is 0.426. The van der Waals surface area contributed by atoms with Crippen LogP contribution in [-0.2, 0) is 6.42 Å². The molecule has 1 atom stereocenters. The second-order valence-corrected chi connectivity index (χ2v) is 9.44. The Bertz CT molecular complexity index is 1050. The Labute approximate surface area is 187 Å². The van der Waals surface area contributed by atoms with Gasteiger partial charge in [0.05, 0.1) is 32.4 Å². The van der Waals surface area contributed by atoms with Gasteiger partial charge in [-0.15, -0.1) is 0 Å². The molecule has 5 rings (SSSR count). The summed E-state index contributed by atoms with van der Waals surface area (Å²) in [6.07, 6.45) is 3.03. The third kappa shape index (κ3) is 4.27. The van der Waals surface area contributed by atoms with Crippen LogP contribution >= 0.6 is 23.4 Å². The van der Waals surface area contributed by atoms with Gasteiger partial charge in [-0.3, -0.25) is 5.01 Å². The summed E-state index contributed by atoms with van der Waals surface area (Å²) in [5.74, 6) is 0. The van der Waals surface area contributed by atoms with Gasteiger partial charge in [-0.05, 0) is 35.4 Å². The minimum Gasteiger partial charge on any atom is -0.325 e. The second kappa shape index (κ2) is 8.84. The third-order valence-corrected chi connectivity index (χ3v) is 7.45. The van der Waals surface area contributed by atoms with Gasteiger partial charge in [0, 0.05) is 26.8 Å². The topological polar surface area (TPSA) is 20.0 Å². The summed E-state index contributed by atoms with van der Waals surface area (Å²) >= 11 is 8.30. The summed E-state index contributed by atoms with van der Waals surface area (Å²) < 4.78 is 0. The van der Waals surface area contributed by atoms with Gasteiger partial charge in [-0.2, -0.15) is 5.10 Å². The number of benzene rings is 3. The van der Waals surface area contributed by atoms with Crippen molar-refractivity contribution in [3.63, 3.8) is 0 Å². The molecule has 0 aliphatic carbocycles. The first-order chi connectivity index (χ1) is 14.8. The molecule has 1 fully saturated rings. The van der Waals surface area contributed by atoms with E-state index >= 15 is 0 Å². The average molecular weight is 435 g/mol. The smallest absolute Gasteiger partial charge is 0.118 e. The Balaban J connectivity index is 1.35. The highest BCUT2D eigenvalue weighted by Crippen LogP contribution is 2.40. The molecular formula is C25H25ClN3S+. The molecule has 3 aromatic carbocycles. The zero-order chi connectivity index (χ0) is 20.3. The van der Waals surface area contributed by atoms with Crippen molar-refractivity contribution in [2.45, 2.75) is 22.3 Å². The largest absolute Gasteiger partial charge is 0.325 e. The molecule has 2 aliphatic rings. The van der Waals surface area contributed by atoms with Crippen LogP contribution in [0.15, 0.2) is 87.7 Å². The maximum Gasteiger partial charge on any atom is 0.118 e. The molecule has 0 amide bonds. The van der Waals surface area contributed by atoms with E-state index < -0.39 is 0 Å². The predicted octanol–water partition coefficient (Wildman–Crippen LogP) is 4.32. The van der Waals surface area contributed by atoms with Crippen LogP contribution in [0, 0.1) is 0 Å². The lowest BCUT2D eigenvalue weighted by atomic mass is 9.97. The SMILES string of the molecule is Clc1ccc2c(c1)[C@@H]([NH+]1CCN(/N=C\c3ccccc3)CC1)Cc1ccccc1S2. The van der Waals surface area contributed by atoms with Crippen molar-refractivity contribution in [3.8, 4) is 0 Å². The molecule has 0 saturated carbocycles. The van der Waals surface area contributed by atoms with Crippen LogP contribution in [-0.4, -0.2) is 37.4 Å². The molecule has 1 saturated heterocycles. The number of hydrogen-bond acceptors (Lipinski definition) is 3. The van der Waals surface area contributed by atoms with E-state index in [0.29, 0.717) is 6.04 Å². The fourth-order valence-electron chi connectivity index (χ4n) is 4.40. The van der Waals surface area contributed by atoms with E-state index in [-0.39, 0.29) is 0 Å². The number of hydrogen-bond donors (Lipinski definition) is 1. The number of quaternary nitrogens is 1. The number of fused-ring (bicyclic) bond motifs is 2. The van der Waals surface area contributed by atoms with Crippen molar-refractivity contribution in [2.75, 3.05) is 26.2 Å². The van der Waals surface area contributed by atoms with E-state index in [1.807, 2.05) is 42.2 Å². The maximum absolute atomic E-state index is 6.42. The van der Waals surface area contributed by atoms with Crippen LogP contribution < -0.4 is 4.90 Å². The quantitative estimate of drug-likeness (QED) is 0.619. The molecule has 3 aromatic rings. The summed E-state index contributed by atoms with van der Waals surface area (Å²) in [6.45, 7) is 4.10. The fraction of sp³-hybridized carbons (Fsp3) is 0.240. The standard InChI is InChI=1S/C25H24ClN3S/c26-21-10-11-25-22(17-21)23(16-20-8-4-5-9-24(20)30-25)28-12-14-29(15-13-28)27-18-19-6-2-1-3-7-19/h1-11,17-18,23H,12-16H2/p+1/b27-18-/t23-/m0/s1. The van der Waals surface area contributed by atoms with Gasteiger partial charge in [-0.25, -0.2) is 0 Å². The molecule has 3 nitrogen and oxygen atoms in total. The van der Waals surface area contributed by atoms with Crippen LogP contribution in [0.1, 0.15) is 22.7 Å². The number of nitrogens with zero attached hydrogens (tertiary/aromatic N) is 2. The van der Waals surface area contributed by atoms with Crippen molar-refractivity contribution in [3.05, 3.63) is 94.5 Å². The zero-order valence-electron chi connectivity index (χ0n) is 16.8. The third-order valence-electron chi connectivity index (χ3n) is 6.01. The molecule has 0 aromatic heterocycles. The Morgan fingerprint density at radius 1 is 0.933 bits per heavy atom. The summed E-state index contributed by atoms with van der Waals surface area (Å²) in [6, 6.07) is 26.0. The molecule has 0 spiro atoms. The minimum absolute atomic E-state index is 0.426. The van der Waals surface area contributed by atoms with Crippen LogP contribution in [0.2, 0.25) is 5.02 Å². The first-order valence-electron chi connectivity index (χ1n) is 10.5. The Hall–Kier alpha value is -2.27. The lowest BCUT2D eigenvalue weighted by Gasteiger charge is -2.35. The summed E-state index contributed by atoms with van der Waals surface area (Å²) in [4.78, 5) is 4.34. The van der Waals surface area contributed by atoms with E-state index in [9.17, 15) is 0 Å². The summed E-state index contributed by atoms with van der Waals surface area (Å²) in [5, 5.41) is 7.75. The lowest BCUT2D eigenvalue weighted by molar-refractivity contribution is -0.936. The van der Waals surface area contributed by atoms with Crippen molar-refractivity contribution in [1.82, 2.24) is 5.01 Å². The molecule has 0 bridgehead atoms. The average Bonchev–Trinajstić information content (AvgIpc) is 2.95. The molecule has 2 heterocycles. The van der Waals surface area contributed by atoms with Crippen LogP contribution in [0.4, 0.5) is 0 Å². The molecule has 2 aliphatic heterocycles. The van der Waals surface area contributed by atoms with Crippen LogP contribution in [0.25, 0.3) is 0 Å². The van der Waals surface area contributed by atoms with E-state index in [0.717, 1.165) is 43.2 Å². The number of nitrogens with one attached hydrogen (secondary N) is 1. The second-order valence-electron chi connectivity index (χ2n) is 7.92. The number of halogens is 1. The predicted molar refractivity (Wildman–Crippen MR) is 125 cm³/mol. The van der Waals surface area contributed by atoms with E-state index in [1.54, 1.807) is 4.90 Å². The van der Waals surface area contributed by atoms with Crippen molar-refractivity contribution < 1.29 is 4.90 Å². The Morgan fingerprint density at radius 2 is 1.70 bits per heavy atom. The maximum atomic E-state index is 6.42. The van der Waals surface area contributed by atoms with E-state index in [1.165, 1.54) is 20.9 Å². The number of rotatable bonds is 3. The monoisotopic (exact) mass is 434 g/mol. The Kier molecular flexibility index (Phi) is 5.80. The fourth-order valence-corrected chi connectivity index (χ4v) is 5.70. The molecule has 5 heteroatoms. The molecule has 152 valence electrons. The van der Waals surface area contributed by atoms with Crippen molar-refractivity contribution in [1.29, 1.82) is 0 Å². The van der Waals surface area contributed by atoms with E-state index in [4.69, 9.17) is 16.7 Å². The van der Waals surface area contributed by atoms with Gasteiger partial charge < -0.3 is 4.90 Å². The zero-order valence-corrected chi connectivity index (χ0v) is 18.4. The first kappa shape index (κ1) is 19.7. The van der Waals surface area contributed by atoms with Gasteiger partial charge in [-0.1, -0.05) is 71.9 Å². The molecular weight excluding hydrogens is 410 g/mol. The Morgan fingerprint density at radius 3 is 2.53 bits per heavy atom. The molecule has 0 radical (unpaired) electrons. The van der Waals surface area contributed by atoms with Gasteiger partial charge in [0.1, 0.15) is 6.04 Å². The van der Waals surface area contributed by atoms with Gasteiger partial charge >= 0.3 is 0 Å². The highest BCUT2D eigenvalue weighted by atomic mass is 35.5. The van der Waals surface area contributed by atoms with Crippen LogP contribution in [0.5, 0.6) is 0 Å². The first-order valence-corrected chi connectivity index (χ1v) is 11.7. The lowest BCUT2D eigenvalue weighted by Crippen LogP contribution is -3.15. The summed E-state index contributed by atoms with van der Waals surface area (Å²) in [7, 11) is 0. The molecule has 1 N–H and O–H groups in total. The van der Waals surface area contributed by atoms with Gasteiger partial charge in [0.2, 0.25) is 0 Å². The summed E-state index contributed by atoms with van der Waals surface area (Å²) in [5.41, 5.74) is 3.98. The van der Waals surface area contributed by atoms with Gasteiger partial charge in [0.25, 0.3) is 0 Å². The van der Waals surface area contributed by atoms with Crippen molar-refractivity contribution in [2.24, 2.45) is 5.10 Å². The number of hydrazone groups is 1. The highest BCUT2D eigenvalue weighted by Gasteiger charge is 2.33. The van der Waals surface area contributed by atoms with E-state index in [2.05, 4.69) is 53.5 Å².